The van der Waals surface area contributed by atoms with Gasteiger partial charge in [0.2, 0.25) is 0 Å². The van der Waals surface area contributed by atoms with Crippen LogP contribution in [0.1, 0.15) is 159 Å². The molecule has 2 rings (SSSR count). The van der Waals surface area contributed by atoms with Crippen molar-refractivity contribution >= 4 is 0 Å². The average molecular weight is 659 g/mol. The van der Waals surface area contributed by atoms with E-state index >= 15 is 0 Å². The monoisotopic (exact) mass is 659 g/mol. The van der Waals surface area contributed by atoms with Crippen molar-refractivity contribution in [3.05, 3.63) is 82.9 Å². The molecular formula is C48H82. The fourth-order valence-electron chi connectivity index (χ4n) is 4.87. The highest BCUT2D eigenvalue weighted by molar-refractivity contribution is 5.24. The van der Waals surface area contributed by atoms with E-state index in [1.54, 1.807) is 0 Å². The minimum absolute atomic E-state index is 0.722. The average Bonchev–Trinajstić information content (AvgIpc) is 2.94. The highest BCUT2D eigenvalue weighted by Gasteiger charge is 2.02. The van der Waals surface area contributed by atoms with E-state index in [1.807, 2.05) is 0 Å². The normalized spacial score (nSPS) is 11.2. The zero-order chi connectivity index (χ0) is 37.1. The molecule has 0 amide bonds. The van der Waals surface area contributed by atoms with E-state index in [9.17, 15) is 0 Å². The first-order valence-electron chi connectivity index (χ1n) is 19.7. The number of hydrogen-bond acceptors (Lipinski definition) is 0. The lowest BCUT2D eigenvalue weighted by Gasteiger charge is -2.09. The largest absolute Gasteiger partial charge is 0.103 e. The molecule has 0 N–H and O–H groups in total. The Balaban J connectivity index is 0. The van der Waals surface area contributed by atoms with Crippen LogP contribution < -0.4 is 0 Å². The summed E-state index contributed by atoms with van der Waals surface area (Å²) in [7, 11) is 0. The fraction of sp³-hybridized carbons (Fsp3) is 0.667. The van der Waals surface area contributed by atoms with E-state index in [0.717, 1.165) is 60.2 Å². The first kappa shape index (κ1) is 47.9. The molecule has 0 aliphatic rings. The molecule has 0 atom stereocenters. The molecule has 0 heteroatoms. The summed E-state index contributed by atoms with van der Waals surface area (Å²) in [6, 6.07) is 18.1. The van der Waals surface area contributed by atoms with E-state index in [4.69, 9.17) is 0 Å². The van der Waals surface area contributed by atoms with Crippen molar-refractivity contribution in [1.29, 1.82) is 0 Å². The Morgan fingerprint density at radius 1 is 0.375 bits per heavy atom. The smallest absolute Gasteiger partial charge is 0.0112 e. The van der Waals surface area contributed by atoms with Crippen molar-refractivity contribution in [2.45, 2.75) is 162 Å². The molecule has 0 nitrogen and oxygen atoms in total. The molecule has 0 heterocycles. The minimum Gasteiger partial charge on any atom is -0.103 e. The van der Waals surface area contributed by atoms with E-state index < -0.39 is 0 Å². The third-order valence-electron chi connectivity index (χ3n) is 7.12. The predicted octanol–water partition coefficient (Wildman–Crippen LogP) is 14.9. The summed E-state index contributed by atoms with van der Waals surface area (Å²) < 4.78 is 0. The molecule has 274 valence electrons. The van der Waals surface area contributed by atoms with Crippen LogP contribution in [0.4, 0.5) is 0 Å². The molecule has 2 aromatic rings. The third kappa shape index (κ3) is 35.1. The molecule has 0 saturated heterocycles. The summed E-state index contributed by atoms with van der Waals surface area (Å²) in [5, 5.41) is 0. The summed E-state index contributed by atoms with van der Waals surface area (Å²) >= 11 is 0. The van der Waals surface area contributed by atoms with Crippen LogP contribution in [0.2, 0.25) is 0 Å². The van der Waals surface area contributed by atoms with Crippen LogP contribution in [0.15, 0.2) is 60.7 Å². The van der Waals surface area contributed by atoms with Crippen LogP contribution in [0.3, 0.4) is 0 Å². The lowest BCUT2D eigenvalue weighted by molar-refractivity contribution is 0.636. The Morgan fingerprint density at radius 3 is 0.917 bits per heavy atom. The Kier molecular flexibility index (Phi) is 29.5. The zero-order valence-electron chi connectivity index (χ0n) is 35.0. The maximum atomic E-state index is 3.17. The van der Waals surface area contributed by atoms with Crippen LogP contribution in [0.25, 0.3) is 0 Å². The molecule has 0 aliphatic carbocycles. The van der Waals surface area contributed by atoms with Crippen molar-refractivity contribution in [2.24, 2.45) is 47.3 Å². The van der Waals surface area contributed by atoms with Crippen molar-refractivity contribution in [3.63, 3.8) is 0 Å². The molecule has 0 radical (unpaired) electrons. The Labute approximate surface area is 303 Å². The van der Waals surface area contributed by atoms with Gasteiger partial charge in [-0.25, -0.2) is 0 Å². The zero-order valence-corrected chi connectivity index (χ0v) is 35.0. The van der Waals surface area contributed by atoms with Gasteiger partial charge in [-0.1, -0.05) is 171 Å². The molecule has 2 aromatic carbocycles. The lowest BCUT2D eigenvalue weighted by Crippen LogP contribution is -1.97. The Hall–Kier alpha value is -2.26. The second-order valence-corrected chi connectivity index (χ2v) is 17.3. The Morgan fingerprint density at radius 2 is 0.667 bits per heavy atom. The first-order chi connectivity index (χ1) is 22.4. The van der Waals surface area contributed by atoms with E-state index in [-0.39, 0.29) is 0 Å². The summed E-state index contributed by atoms with van der Waals surface area (Å²) in [6.07, 6.45) is 13.9. The van der Waals surface area contributed by atoms with Crippen LogP contribution in [0.5, 0.6) is 0 Å². The van der Waals surface area contributed by atoms with Crippen molar-refractivity contribution in [1.82, 2.24) is 0 Å². The SMILES string of the molecule is CC(C)C/C=C/CC(C)C.CC(C)CC#CCC(C)C.CC(C)Cc1ccc(CC(C)C)cc1.CC(C)Cc1cccc(CC(C)C)c1. The van der Waals surface area contributed by atoms with Gasteiger partial charge in [0.05, 0.1) is 0 Å². The Bertz CT molecular complexity index is 997. The molecule has 0 bridgehead atoms. The van der Waals surface area contributed by atoms with Gasteiger partial charge in [-0.05, 0) is 108 Å². The van der Waals surface area contributed by atoms with E-state index in [0.29, 0.717) is 0 Å². The number of hydrogen-bond donors (Lipinski definition) is 0. The highest BCUT2D eigenvalue weighted by Crippen LogP contribution is 2.14. The molecule has 0 fully saturated rings. The topological polar surface area (TPSA) is 0 Å². The van der Waals surface area contributed by atoms with Crippen LogP contribution in [-0.2, 0) is 25.7 Å². The third-order valence-corrected chi connectivity index (χ3v) is 7.12. The molecule has 0 aromatic heterocycles. The van der Waals surface area contributed by atoms with Gasteiger partial charge >= 0.3 is 0 Å². The number of benzene rings is 2. The summed E-state index contributed by atoms with van der Waals surface area (Å²) in [5.41, 5.74) is 5.90. The van der Waals surface area contributed by atoms with Gasteiger partial charge in [0.1, 0.15) is 0 Å². The fourth-order valence-corrected chi connectivity index (χ4v) is 4.87. The standard InChI is InChI=1S/2C14H22.C10H20.C10H18/c1-11(2)9-13-5-7-14(8-6-13)10-12(3)4;1-11(2)8-13-6-5-7-14(10-13)9-12(3)4;2*1-9(2)7-5-6-8-10(3)4/h5-8,11-12H,9-10H2,1-4H3;5-7,10-12H,8-9H2,1-4H3;5-6,9-10H,7-8H2,1-4H3;9-10H,7-8H2,1-4H3/b;;6-5+;. The summed E-state index contributed by atoms with van der Waals surface area (Å²) in [5.74, 6) is 12.4. The summed E-state index contributed by atoms with van der Waals surface area (Å²) in [4.78, 5) is 0. The van der Waals surface area contributed by atoms with Crippen molar-refractivity contribution < 1.29 is 0 Å². The minimum atomic E-state index is 0.722. The molecule has 0 spiro atoms. The van der Waals surface area contributed by atoms with E-state index in [2.05, 4.69) is 183 Å². The molecule has 48 heavy (non-hydrogen) atoms. The summed E-state index contributed by atoms with van der Waals surface area (Å²) in [6.45, 7) is 35.9. The predicted molar refractivity (Wildman–Crippen MR) is 222 cm³/mol. The molecule has 0 unspecified atom stereocenters. The second-order valence-electron chi connectivity index (χ2n) is 17.3. The molecule has 0 aliphatic heterocycles. The van der Waals surface area contributed by atoms with Gasteiger partial charge in [-0.15, -0.1) is 11.8 Å². The van der Waals surface area contributed by atoms with Crippen LogP contribution in [0, 0.1) is 59.2 Å². The van der Waals surface area contributed by atoms with Gasteiger partial charge in [0.15, 0.2) is 0 Å². The maximum Gasteiger partial charge on any atom is 0.0112 e. The van der Waals surface area contributed by atoms with Crippen molar-refractivity contribution in [2.75, 3.05) is 0 Å². The number of allylic oxidation sites excluding steroid dienone is 2. The van der Waals surface area contributed by atoms with Gasteiger partial charge in [0.25, 0.3) is 0 Å². The van der Waals surface area contributed by atoms with Gasteiger partial charge in [-0.2, -0.15) is 0 Å². The van der Waals surface area contributed by atoms with E-state index in [1.165, 1.54) is 60.8 Å². The first-order valence-corrected chi connectivity index (χ1v) is 19.7. The second kappa shape index (κ2) is 29.6. The molecule has 0 saturated carbocycles. The highest BCUT2D eigenvalue weighted by atomic mass is 14.1. The van der Waals surface area contributed by atoms with Gasteiger partial charge in [0, 0.05) is 12.8 Å². The lowest BCUT2D eigenvalue weighted by atomic mass is 9.97. The molecular weight excluding hydrogens is 577 g/mol. The van der Waals surface area contributed by atoms with Gasteiger partial charge < -0.3 is 0 Å². The van der Waals surface area contributed by atoms with Crippen LogP contribution in [-0.4, -0.2) is 0 Å². The van der Waals surface area contributed by atoms with Crippen molar-refractivity contribution in [3.8, 4) is 11.8 Å². The maximum absolute atomic E-state index is 3.17. The number of rotatable bonds is 14. The van der Waals surface area contributed by atoms with Crippen LogP contribution >= 0.6 is 0 Å². The quantitative estimate of drug-likeness (QED) is 0.140. The van der Waals surface area contributed by atoms with Gasteiger partial charge in [-0.3, -0.25) is 0 Å².